The molecule has 2 bridgehead atoms. The molecule has 5 rings (SSSR count). The lowest BCUT2D eigenvalue weighted by Crippen LogP contribution is -2.82. The molecule has 3 N–H and O–H groups in total. The van der Waals surface area contributed by atoms with Gasteiger partial charge in [0.15, 0.2) is 23.5 Å². The van der Waals surface area contributed by atoms with Gasteiger partial charge in [-0.1, -0.05) is 99.7 Å². The quantitative estimate of drug-likeness (QED) is 0.0424. The number of rotatable bonds is 22. The van der Waals surface area contributed by atoms with Crippen LogP contribution in [0.15, 0.2) is 102 Å². The van der Waals surface area contributed by atoms with Crippen molar-refractivity contribution in [3.05, 3.63) is 108 Å². The number of hydrogen-bond acceptors (Lipinski definition) is 16. The maximum absolute atomic E-state index is 15.8. The minimum atomic E-state index is -5.53. The standard InChI is InChI=1S/C61H81F3N2O16/c1-12-13-14-15-16-17-18-19-20-21-22-23-24-25-26-27-31-34-44(69)78-47(49(61(62,63)64)65-54(73)82-56(4,5)6)53(72)77-41-36-60(75)51(80-52(71)40-32-29-28-30-33-40)48-58(9,42(68)35-43-59(48,37-76-43)81-39(3)67)50(70)46(79-55(74)66(10)11)45(38(41)2)57(60,7)8/h13-14,16-17,19-20,22-23,25-26,28-30,32-33,41-43,46-49,51,68,75H,12,15,18,21,24,27,31,34-37H2,1-11H3,(H,65,73)/b14-13-,17-16-,20-19-,23-22-,26-25-/t41-,42-,43+,46+,47+,48?,49+,51-,58+,59-,60+/m0/s1. The van der Waals surface area contributed by atoms with Crippen molar-refractivity contribution in [3.8, 4) is 0 Å². The molecule has 2 saturated carbocycles. The molecule has 1 aromatic rings. The molecule has 18 nitrogen and oxygen atoms in total. The lowest BCUT2D eigenvalue weighted by molar-refractivity contribution is -0.346. The van der Waals surface area contributed by atoms with E-state index in [0.717, 1.165) is 37.5 Å². The number of nitrogens with one attached hydrogen (secondary N) is 1. The molecule has 0 spiro atoms. The number of alkyl carbamates (subject to hydrolysis) is 1. The third-order valence-corrected chi connectivity index (χ3v) is 15.5. The molecular formula is C61H81F3N2O16. The number of fused-ring (bicyclic) bond motifs is 5. The van der Waals surface area contributed by atoms with Crippen molar-refractivity contribution >= 4 is 41.8 Å². The fourth-order valence-electron chi connectivity index (χ4n) is 11.2. The van der Waals surface area contributed by atoms with E-state index in [1.807, 2.05) is 24.3 Å². The normalized spacial score (nSPS) is 27.9. The second-order valence-corrected chi connectivity index (χ2v) is 23.0. The number of esters is 4. The van der Waals surface area contributed by atoms with Gasteiger partial charge in [0.25, 0.3) is 0 Å². The van der Waals surface area contributed by atoms with Gasteiger partial charge >= 0.3 is 42.2 Å². The van der Waals surface area contributed by atoms with Crippen LogP contribution in [0.25, 0.3) is 0 Å². The third kappa shape index (κ3) is 15.3. The van der Waals surface area contributed by atoms with Gasteiger partial charge in [-0.25, -0.2) is 19.2 Å². The van der Waals surface area contributed by atoms with Gasteiger partial charge in [-0.3, -0.25) is 14.4 Å². The van der Waals surface area contributed by atoms with E-state index in [1.54, 1.807) is 17.5 Å². The molecule has 1 saturated heterocycles. The number of allylic oxidation sites excluding steroid dienone is 10. The van der Waals surface area contributed by atoms with Crippen molar-refractivity contribution in [3.63, 3.8) is 0 Å². The summed E-state index contributed by atoms with van der Waals surface area (Å²) in [6, 6.07) is 4.14. The molecule has 11 atom stereocenters. The molecule has 1 aromatic carbocycles. The highest BCUT2D eigenvalue weighted by Gasteiger charge is 2.78. The number of Topliss-reactive ketones (excluding diaryl/α,β-unsaturated/α-hetero) is 1. The highest BCUT2D eigenvalue weighted by molar-refractivity contribution is 5.95. The van der Waals surface area contributed by atoms with Gasteiger partial charge in [0.05, 0.1) is 29.6 Å². The number of halogens is 3. The summed E-state index contributed by atoms with van der Waals surface area (Å²) in [5.74, 6) is -7.94. The Kier molecular flexibility index (Phi) is 22.3. The fraction of sp³-hybridized carbons (Fsp3) is 0.590. The molecule has 1 aliphatic heterocycles. The Morgan fingerprint density at radius 3 is 1.95 bits per heavy atom. The number of ketones is 1. The summed E-state index contributed by atoms with van der Waals surface area (Å²) in [4.78, 5) is 99.7. The summed E-state index contributed by atoms with van der Waals surface area (Å²) in [5.41, 5.74) is -10.6. The van der Waals surface area contributed by atoms with E-state index in [2.05, 4.69) is 37.3 Å². The average molecular weight is 1160 g/mol. The first-order chi connectivity index (χ1) is 38.4. The lowest BCUT2D eigenvalue weighted by Gasteiger charge is -2.67. The molecule has 3 aliphatic carbocycles. The highest BCUT2D eigenvalue weighted by Crippen LogP contribution is 2.64. The number of aliphatic hydroxyl groups is 2. The number of hydrogen-bond donors (Lipinski definition) is 3. The number of carbonyl (C=O) groups excluding carboxylic acids is 7. The first kappa shape index (κ1) is 66.2. The number of benzene rings is 1. The number of nitrogens with zero attached hydrogens (tertiary/aromatic N) is 1. The second kappa shape index (κ2) is 27.7. The van der Waals surface area contributed by atoms with Gasteiger partial charge in [-0.2, -0.15) is 13.2 Å². The van der Waals surface area contributed by atoms with Gasteiger partial charge in [0.1, 0.15) is 29.5 Å². The van der Waals surface area contributed by atoms with Gasteiger partial charge in [0, 0.05) is 45.7 Å². The molecule has 0 radical (unpaired) electrons. The van der Waals surface area contributed by atoms with Crippen LogP contribution < -0.4 is 5.32 Å². The smallest absolute Gasteiger partial charge is 0.413 e. The van der Waals surface area contributed by atoms with Gasteiger partial charge in [-0.05, 0) is 103 Å². The Balaban J connectivity index is 1.56. The molecule has 2 amide bonds. The first-order valence-electron chi connectivity index (χ1n) is 27.7. The second-order valence-electron chi connectivity index (χ2n) is 23.0. The molecule has 82 heavy (non-hydrogen) atoms. The fourth-order valence-corrected chi connectivity index (χ4v) is 11.2. The number of ether oxygens (including phenoxy) is 7. The van der Waals surface area contributed by atoms with Gasteiger partial charge < -0.3 is 53.6 Å². The maximum atomic E-state index is 15.8. The first-order valence-corrected chi connectivity index (χ1v) is 27.7. The molecule has 1 heterocycles. The van der Waals surface area contributed by atoms with Crippen LogP contribution in [0, 0.1) is 16.7 Å². The Morgan fingerprint density at radius 2 is 1.44 bits per heavy atom. The van der Waals surface area contributed by atoms with Crippen molar-refractivity contribution in [2.45, 2.75) is 192 Å². The molecule has 21 heteroatoms. The predicted octanol–water partition coefficient (Wildman–Crippen LogP) is 9.63. The Hall–Kier alpha value is -6.58. The Morgan fingerprint density at radius 1 is 0.866 bits per heavy atom. The van der Waals surface area contributed by atoms with E-state index < -0.39 is 144 Å². The third-order valence-electron chi connectivity index (χ3n) is 15.5. The minimum Gasteiger partial charge on any atom is -0.455 e. The summed E-state index contributed by atoms with van der Waals surface area (Å²) >= 11 is 0. The molecule has 0 aromatic heterocycles. The van der Waals surface area contributed by atoms with Crippen molar-refractivity contribution in [2.24, 2.45) is 16.7 Å². The average Bonchev–Trinajstić information content (AvgIpc) is 0.980. The zero-order valence-electron chi connectivity index (χ0n) is 48.7. The zero-order valence-corrected chi connectivity index (χ0v) is 48.7. The summed E-state index contributed by atoms with van der Waals surface area (Å²) in [5, 5.41) is 27.8. The van der Waals surface area contributed by atoms with Crippen LogP contribution in [-0.2, 0) is 52.3 Å². The molecule has 3 fully saturated rings. The van der Waals surface area contributed by atoms with Crippen molar-refractivity contribution in [2.75, 3.05) is 20.7 Å². The van der Waals surface area contributed by atoms with Gasteiger partial charge in [0.2, 0.25) is 6.10 Å². The number of alkyl halides is 3. The maximum Gasteiger partial charge on any atom is 0.413 e. The van der Waals surface area contributed by atoms with Crippen LogP contribution in [0.4, 0.5) is 22.8 Å². The molecular weight excluding hydrogens is 1070 g/mol. The van der Waals surface area contributed by atoms with E-state index in [9.17, 15) is 39.0 Å². The monoisotopic (exact) mass is 1150 g/mol. The zero-order chi connectivity index (χ0) is 61.0. The Bertz CT molecular complexity index is 2650. The van der Waals surface area contributed by atoms with E-state index in [0.29, 0.717) is 6.42 Å². The molecule has 452 valence electrons. The van der Waals surface area contributed by atoms with Crippen LogP contribution in [0.1, 0.15) is 137 Å². The van der Waals surface area contributed by atoms with Crippen LogP contribution >= 0.6 is 0 Å². The van der Waals surface area contributed by atoms with Crippen molar-refractivity contribution < 1.29 is 90.1 Å². The van der Waals surface area contributed by atoms with Crippen LogP contribution in [0.3, 0.4) is 0 Å². The van der Waals surface area contributed by atoms with Gasteiger partial charge in [-0.15, -0.1) is 0 Å². The SMILES string of the molecule is CC/C=C\C/C=C\C/C=C\C/C=C\C/C=C\CCCC(=O)O[C@@H](C(=O)O[C@H]1C[C@@]2(O)[C@@H](OC(=O)c3ccccc3)C3[C@](C)(C(=O)[C@H](OC(=O)N(C)C)C(=C1C)C2(C)C)[C@@H](O)C[C@H]1OC[C@@]31OC(C)=O)[C@@H](NC(=O)OC(C)(C)C)C(F)(F)F. The van der Waals surface area contributed by atoms with Crippen LogP contribution in [0.2, 0.25) is 0 Å². The number of unbranched alkanes of at least 4 members (excludes halogenated alkanes) is 1. The van der Waals surface area contributed by atoms with E-state index >= 15 is 18.0 Å². The van der Waals surface area contributed by atoms with Crippen molar-refractivity contribution in [1.29, 1.82) is 0 Å². The van der Waals surface area contributed by atoms with Crippen LogP contribution in [-0.4, -0.2) is 143 Å². The summed E-state index contributed by atoms with van der Waals surface area (Å²) < 4.78 is 86.8. The largest absolute Gasteiger partial charge is 0.455 e. The highest BCUT2D eigenvalue weighted by atomic mass is 19.4. The minimum absolute atomic E-state index is 0.0555. The summed E-state index contributed by atoms with van der Waals surface area (Å²) in [6.07, 6.45) is 2.51. The number of amides is 2. The molecule has 4 aliphatic rings. The molecule has 1 unspecified atom stereocenters. The van der Waals surface area contributed by atoms with E-state index in [-0.39, 0.29) is 36.0 Å². The van der Waals surface area contributed by atoms with E-state index in [4.69, 9.17) is 33.2 Å². The van der Waals surface area contributed by atoms with Crippen molar-refractivity contribution in [1.82, 2.24) is 10.2 Å². The number of carbonyl (C=O) groups is 7. The van der Waals surface area contributed by atoms with E-state index in [1.165, 1.54) is 86.8 Å². The topological polar surface area (TPSA) is 240 Å². The van der Waals surface area contributed by atoms with Crippen LogP contribution in [0.5, 0.6) is 0 Å². The summed E-state index contributed by atoms with van der Waals surface area (Å²) in [7, 11) is 2.62. The lowest BCUT2D eigenvalue weighted by atomic mass is 9.44. The predicted molar refractivity (Wildman–Crippen MR) is 294 cm³/mol. The number of aliphatic hydroxyl groups excluding tert-OH is 1. The summed E-state index contributed by atoms with van der Waals surface area (Å²) in [6.45, 7) is 12.3. The Labute approximate surface area is 478 Å².